The second kappa shape index (κ2) is 6.09. The fraction of sp³-hybridized carbons (Fsp3) is 0.538. The van der Waals surface area contributed by atoms with Gasteiger partial charge in [-0.3, -0.25) is 0 Å². The summed E-state index contributed by atoms with van der Waals surface area (Å²) >= 11 is 5.85. The summed E-state index contributed by atoms with van der Waals surface area (Å²) in [4.78, 5) is 0. The normalized spacial score (nSPS) is 15.3. The van der Waals surface area contributed by atoms with Crippen molar-refractivity contribution in [3.05, 3.63) is 34.6 Å². The van der Waals surface area contributed by atoms with E-state index in [0.29, 0.717) is 5.56 Å². The van der Waals surface area contributed by atoms with Crippen LogP contribution < -0.4 is 0 Å². The van der Waals surface area contributed by atoms with Crippen LogP contribution in [0.5, 0.6) is 0 Å². The van der Waals surface area contributed by atoms with Crippen molar-refractivity contribution < 1.29 is 22.7 Å². The molecule has 1 atom stereocenters. The highest BCUT2D eigenvalue weighted by Gasteiger charge is 2.29. The summed E-state index contributed by atoms with van der Waals surface area (Å²) in [6.07, 6.45) is -5.36. The first-order valence-corrected chi connectivity index (χ1v) is 6.20. The van der Waals surface area contributed by atoms with Gasteiger partial charge in [0.1, 0.15) is 5.82 Å². The molecule has 0 saturated carbocycles. The van der Waals surface area contributed by atoms with Crippen LogP contribution in [-0.2, 0) is 6.42 Å². The Morgan fingerprint density at radius 3 is 2.42 bits per heavy atom. The van der Waals surface area contributed by atoms with E-state index in [0.717, 1.165) is 0 Å². The fourth-order valence-electron chi connectivity index (χ4n) is 1.85. The Bertz CT molecular complexity index is 429. The van der Waals surface area contributed by atoms with Gasteiger partial charge in [0.25, 0.3) is 0 Å². The standard InChI is InChI=1S/C13H15ClF4O/c1-12(19,5-2-6-13(16,17)18)8-9-7-10(15)3-4-11(9)14/h3-4,7,19H,2,5-6,8H2,1H3. The molecule has 0 fully saturated rings. The Hall–Kier alpha value is -0.810. The average molecular weight is 299 g/mol. The lowest BCUT2D eigenvalue weighted by Gasteiger charge is -2.24. The van der Waals surface area contributed by atoms with E-state index in [9.17, 15) is 22.7 Å². The van der Waals surface area contributed by atoms with Gasteiger partial charge in [0, 0.05) is 17.9 Å². The van der Waals surface area contributed by atoms with Crippen LogP contribution in [0, 0.1) is 5.82 Å². The predicted octanol–water partition coefficient (Wildman–Crippen LogP) is 4.51. The molecule has 1 aromatic carbocycles. The highest BCUT2D eigenvalue weighted by Crippen LogP contribution is 2.28. The maximum atomic E-state index is 13.0. The van der Waals surface area contributed by atoms with E-state index in [1.807, 2.05) is 0 Å². The molecule has 108 valence electrons. The zero-order chi connectivity index (χ0) is 14.7. The van der Waals surface area contributed by atoms with Crippen molar-refractivity contribution in [1.82, 2.24) is 0 Å². The minimum atomic E-state index is -4.23. The zero-order valence-corrected chi connectivity index (χ0v) is 11.2. The van der Waals surface area contributed by atoms with Gasteiger partial charge in [-0.25, -0.2) is 4.39 Å². The lowest BCUT2D eigenvalue weighted by Crippen LogP contribution is -2.28. The highest BCUT2D eigenvalue weighted by atomic mass is 35.5. The average Bonchev–Trinajstić information content (AvgIpc) is 2.20. The van der Waals surface area contributed by atoms with Crippen molar-refractivity contribution in [2.75, 3.05) is 0 Å². The van der Waals surface area contributed by atoms with Gasteiger partial charge in [-0.2, -0.15) is 13.2 Å². The van der Waals surface area contributed by atoms with E-state index >= 15 is 0 Å². The Labute approximate surface area is 114 Å². The lowest BCUT2D eigenvalue weighted by molar-refractivity contribution is -0.137. The number of hydrogen-bond donors (Lipinski definition) is 1. The molecule has 0 aliphatic heterocycles. The van der Waals surface area contributed by atoms with Gasteiger partial charge in [-0.05, 0) is 43.5 Å². The minimum Gasteiger partial charge on any atom is -0.390 e. The SMILES string of the molecule is CC(O)(CCCC(F)(F)F)Cc1cc(F)ccc1Cl. The van der Waals surface area contributed by atoms with Crippen LogP contribution >= 0.6 is 11.6 Å². The molecule has 1 nitrogen and oxygen atoms in total. The van der Waals surface area contributed by atoms with E-state index in [2.05, 4.69) is 0 Å². The van der Waals surface area contributed by atoms with Crippen LogP contribution in [0.1, 0.15) is 31.7 Å². The summed E-state index contributed by atoms with van der Waals surface area (Å²) in [7, 11) is 0. The molecule has 1 aromatic rings. The van der Waals surface area contributed by atoms with Crippen LogP contribution in [0.25, 0.3) is 0 Å². The fourth-order valence-corrected chi connectivity index (χ4v) is 2.03. The smallest absolute Gasteiger partial charge is 0.389 e. The number of aliphatic hydroxyl groups is 1. The summed E-state index contributed by atoms with van der Waals surface area (Å²) in [6, 6.07) is 3.72. The van der Waals surface area contributed by atoms with Gasteiger partial charge in [-0.15, -0.1) is 0 Å². The van der Waals surface area contributed by atoms with Gasteiger partial charge < -0.3 is 5.11 Å². The molecule has 0 radical (unpaired) electrons. The third-order valence-electron chi connectivity index (χ3n) is 2.75. The molecule has 0 saturated heterocycles. The van der Waals surface area contributed by atoms with Crippen LogP contribution in [-0.4, -0.2) is 16.9 Å². The molecule has 6 heteroatoms. The summed E-state index contributed by atoms with van der Waals surface area (Å²) in [5, 5.41) is 10.3. The van der Waals surface area contributed by atoms with Gasteiger partial charge in [0.15, 0.2) is 0 Å². The number of halogens is 5. The Balaban J connectivity index is 2.61. The summed E-state index contributed by atoms with van der Waals surface area (Å²) in [5.74, 6) is -0.495. The molecule has 0 spiro atoms. The Kier molecular flexibility index (Phi) is 5.21. The van der Waals surface area contributed by atoms with Gasteiger partial charge >= 0.3 is 6.18 Å². The third kappa shape index (κ3) is 6.25. The Morgan fingerprint density at radius 1 is 1.21 bits per heavy atom. The second-order valence-corrected chi connectivity index (χ2v) is 5.29. The van der Waals surface area contributed by atoms with Crippen molar-refractivity contribution >= 4 is 11.6 Å². The van der Waals surface area contributed by atoms with E-state index in [1.54, 1.807) is 0 Å². The molecule has 0 bridgehead atoms. The minimum absolute atomic E-state index is 0.0153. The van der Waals surface area contributed by atoms with Crippen molar-refractivity contribution in [2.24, 2.45) is 0 Å². The van der Waals surface area contributed by atoms with Gasteiger partial charge in [0.2, 0.25) is 0 Å². The molecule has 1 rings (SSSR count). The van der Waals surface area contributed by atoms with Crippen molar-refractivity contribution in [2.45, 2.75) is 44.4 Å². The highest BCUT2D eigenvalue weighted by molar-refractivity contribution is 6.31. The molecule has 1 N–H and O–H groups in total. The topological polar surface area (TPSA) is 20.2 Å². The zero-order valence-electron chi connectivity index (χ0n) is 10.4. The molecule has 1 unspecified atom stereocenters. The first kappa shape index (κ1) is 16.2. The van der Waals surface area contributed by atoms with Gasteiger partial charge in [-0.1, -0.05) is 11.6 Å². The number of rotatable bonds is 5. The molecule has 0 aromatic heterocycles. The summed E-state index contributed by atoms with van der Waals surface area (Å²) < 4.78 is 49.1. The third-order valence-corrected chi connectivity index (χ3v) is 3.12. The number of hydrogen-bond acceptors (Lipinski definition) is 1. The maximum absolute atomic E-state index is 13.0. The molecular weight excluding hydrogens is 284 g/mol. The summed E-state index contributed by atoms with van der Waals surface area (Å²) in [6.45, 7) is 1.42. The maximum Gasteiger partial charge on any atom is 0.389 e. The first-order chi connectivity index (χ1) is 8.59. The largest absolute Gasteiger partial charge is 0.390 e. The molecule has 0 heterocycles. The molecule has 0 aliphatic carbocycles. The first-order valence-electron chi connectivity index (χ1n) is 5.82. The summed E-state index contributed by atoms with van der Waals surface area (Å²) in [5.41, 5.74) is -0.957. The van der Waals surface area contributed by atoms with Crippen LogP contribution in [0.2, 0.25) is 5.02 Å². The van der Waals surface area contributed by atoms with Gasteiger partial charge in [0.05, 0.1) is 5.60 Å². The van der Waals surface area contributed by atoms with Crippen molar-refractivity contribution in [1.29, 1.82) is 0 Å². The van der Waals surface area contributed by atoms with Crippen molar-refractivity contribution in [3.63, 3.8) is 0 Å². The monoisotopic (exact) mass is 298 g/mol. The molecular formula is C13H15ClF4O. The van der Waals surface area contributed by atoms with E-state index in [1.165, 1.54) is 25.1 Å². The number of alkyl halides is 3. The van der Waals surface area contributed by atoms with E-state index in [4.69, 9.17) is 11.6 Å². The van der Waals surface area contributed by atoms with Crippen LogP contribution in [0.3, 0.4) is 0 Å². The predicted molar refractivity (Wildman–Crippen MR) is 65.6 cm³/mol. The number of benzene rings is 1. The molecule has 19 heavy (non-hydrogen) atoms. The second-order valence-electron chi connectivity index (χ2n) is 4.88. The van der Waals surface area contributed by atoms with Crippen LogP contribution in [0.4, 0.5) is 17.6 Å². The Morgan fingerprint density at radius 2 is 1.84 bits per heavy atom. The van der Waals surface area contributed by atoms with Crippen LogP contribution in [0.15, 0.2) is 18.2 Å². The van der Waals surface area contributed by atoms with Crippen molar-refractivity contribution in [3.8, 4) is 0 Å². The van der Waals surface area contributed by atoms with E-state index < -0.39 is 24.0 Å². The quantitative estimate of drug-likeness (QED) is 0.793. The van der Waals surface area contributed by atoms with E-state index in [-0.39, 0.29) is 24.3 Å². The molecule has 0 amide bonds. The molecule has 0 aliphatic rings. The lowest BCUT2D eigenvalue weighted by atomic mass is 9.91.